The van der Waals surface area contributed by atoms with Crippen molar-refractivity contribution in [3.8, 4) is 0 Å². The average molecular weight is 492 g/mol. The molecule has 0 spiro atoms. The number of nitrogens with one attached hydrogen (secondary N) is 1. The molecule has 2 rings (SSSR count). The van der Waals surface area contributed by atoms with Gasteiger partial charge in [-0.25, -0.2) is 12.8 Å². The van der Waals surface area contributed by atoms with Crippen LogP contribution in [0.2, 0.25) is 0 Å². The first kappa shape index (κ1) is 27.3. The monoisotopic (exact) mass is 491 g/mol. The summed E-state index contributed by atoms with van der Waals surface area (Å²) in [5.74, 6) is -1.44. The molecule has 0 aromatic heterocycles. The van der Waals surface area contributed by atoms with Crippen molar-refractivity contribution in [1.82, 2.24) is 10.2 Å². The standard InChI is InChI=1S/C25H34FN3O4S/c1-5-7-15-27-25(31)23(6-2)28(17-20-12-9-8-11-19(20)3)24(30)18-29(34(4,32)33)22-14-10-13-21(26)16-22/h8-14,16,23H,5-7,15,17-18H2,1-4H3,(H,27,31)/t23-/m1/s1. The minimum Gasteiger partial charge on any atom is -0.354 e. The van der Waals surface area contributed by atoms with Crippen LogP contribution in [0.25, 0.3) is 0 Å². The first-order chi connectivity index (χ1) is 16.1. The zero-order chi connectivity index (χ0) is 25.3. The van der Waals surface area contributed by atoms with Gasteiger partial charge in [0.15, 0.2) is 0 Å². The summed E-state index contributed by atoms with van der Waals surface area (Å²) in [5, 5.41) is 2.88. The molecule has 0 saturated carbocycles. The molecule has 0 aliphatic rings. The van der Waals surface area contributed by atoms with Gasteiger partial charge in [-0.3, -0.25) is 13.9 Å². The average Bonchev–Trinajstić information content (AvgIpc) is 2.77. The van der Waals surface area contributed by atoms with E-state index in [1.807, 2.05) is 45.0 Å². The van der Waals surface area contributed by atoms with Crippen molar-refractivity contribution in [3.05, 3.63) is 65.5 Å². The lowest BCUT2D eigenvalue weighted by Crippen LogP contribution is -2.52. The molecule has 7 nitrogen and oxygen atoms in total. The lowest BCUT2D eigenvalue weighted by atomic mass is 10.1. The second kappa shape index (κ2) is 12.5. The summed E-state index contributed by atoms with van der Waals surface area (Å²) in [4.78, 5) is 28.0. The molecule has 186 valence electrons. The van der Waals surface area contributed by atoms with Crippen molar-refractivity contribution < 1.29 is 22.4 Å². The molecule has 0 saturated heterocycles. The lowest BCUT2D eigenvalue weighted by molar-refractivity contribution is -0.140. The number of nitrogens with zero attached hydrogens (tertiary/aromatic N) is 2. The van der Waals surface area contributed by atoms with Crippen molar-refractivity contribution in [2.24, 2.45) is 0 Å². The van der Waals surface area contributed by atoms with E-state index in [2.05, 4.69) is 5.32 Å². The van der Waals surface area contributed by atoms with Gasteiger partial charge < -0.3 is 10.2 Å². The van der Waals surface area contributed by atoms with Gasteiger partial charge in [0, 0.05) is 13.1 Å². The maximum atomic E-state index is 13.8. The van der Waals surface area contributed by atoms with Crippen LogP contribution in [-0.4, -0.2) is 50.5 Å². The Morgan fingerprint density at radius 3 is 2.38 bits per heavy atom. The Bertz CT molecular complexity index is 1090. The third kappa shape index (κ3) is 7.55. The van der Waals surface area contributed by atoms with E-state index in [4.69, 9.17) is 0 Å². The second-order valence-electron chi connectivity index (χ2n) is 8.27. The molecule has 1 atom stereocenters. The number of amides is 2. The summed E-state index contributed by atoms with van der Waals surface area (Å²) in [6.45, 7) is 5.83. The molecular weight excluding hydrogens is 457 g/mol. The molecule has 2 aromatic carbocycles. The SMILES string of the molecule is CCCCNC(=O)[C@@H](CC)N(Cc1ccccc1C)C(=O)CN(c1cccc(F)c1)S(C)(=O)=O. The number of carbonyl (C=O) groups excluding carboxylic acids is 2. The van der Waals surface area contributed by atoms with Crippen molar-refractivity contribution >= 4 is 27.5 Å². The van der Waals surface area contributed by atoms with Gasteiger partial charge in [-0.1, -0.05) is 50.6 Å². The molecule has 9 heteroatoms. The fourth-order valence-corrected chi connectivity index (χ4v) is 4.48. The summed E-state index contributed by atoms with van der Waals surface area (Å²) < 4.78 is 39.7. The topological polar surface area (TPSA) is 86.8 Å². The molecule has 0 radical (unpaired) electrons. The molecule has 1 N–H and O–H groups in total. The van der Waals surface area contributed by atoms with Crippen molar-refractivity contribution in [2.45, 2.75) is 52.6 Å². The number of benzene rings is 2. The maximum Gasteiger partial charge on any atom is 0.244 e. The third-order valence-corrected chi connectivity index (χ3v) is 6.73. The second-order valence-corrected chi connectivity index (χ2v) is 10.2. The summed E-state index contributed by atoms with van der Waals surface area (Å²) >= 11 is 0. The van der Waals surface area contributed by atoms with Crippen LogP contribution in [0.5, 0.6) is 0 Å². The van der Waals surface area contributed by atoms with Crippen LogP contribution in [0.15, 0.2) is 48.5 Å². The van der Waals surface area contributed by atoms with Gasteiger partial charge in [0.25, 0.3) is 0 Å². The number of unbranched alkanes of at least 4 members (excludes halogenated alkanes) is 1. The van der Waals surface area contributed by atoms with Crippen LogP contribution in [-0.2, 0) is 26.2 Å². The van der Waals surface area contributed by atoms with E-state index in [9.17, 15) is 22.4 Å². The number of aryl methyl sites for hydroxylation is 1. The zero-order valence-corrected chi connectivity index (χ0v) is 21.1. The van der Waals surface area contributed by atoms with E-state index >= 15 is 0 Å². The highest BCUT2D eigenvalue weighted by atomic mass is 32.2. The number of hydrogen-bond donors (Lipinski definition) is 1. The van der Waals surface area contributed by atoms with Crippen molar-refractivity contribution in [1.29, 1.82) is 0 Å². The Morgan fingerprint density at radius 1 is 1.09 bits per heavy atom. The fourth-order valence-electron chi connectivity index (χ4n) is 3.64. The van der Waals surface area contributed by atoms with Crippen LogP contribution in [0.3, 0.4) is 0 Å². The highest BCUT2D eigenvalue weighted by Crippen LogP contribution is 2.21. The molecule has 2 aromatic rings. The van der Waals surface area contributed by atoms with E-state index in [0.29, 0.717) is 13.0 Å². The van der Waals surface area contributed by atoms with Crippen LogP contribution >= 0.6 is 0 Å². The van der Waals surface area contributed by atoms with Crippen LogP contribution in [0.4, 0.5) is 10.1 Å². The highest BCUT2D eigenvalue weighted by Gasteiger charge is 2.31. The van der Waals surface area contributed by atoms with E-state index in [1.165, 1.54) is 23.1 Å². The third-order valence-electron chi connectivity index (χ3n) is 5.59. The lowest BCUT2D eigenvalue weighted by Gasteiger charge is -2.33. The summed E-state index contributed by atoms with van der Waals surface area (Å²) in [5.41, 5.74) is 1.85. The Balaban J connectivity index is 2.41. The quantitative estimate of drug-likeness (QED) is 0.460. The summed E-state index contributed by atoms with van der Waals surface area (Å²) in [6, 6.07) is 11.8. The van der Waals surface area contributed by atoms with Gasteiger partial charge in [0.05, 0.1) is 11.9 Å². The minimum absolute atomic E-state index is 0.0483. The predicted molar refractivity (Wildman–Crippen MR) is 132 cm³/mol. The number of halogens is 1. The predicted octanol–water partition coefficient (Wildman–Crippen LogP) is 3.62. The normalized spacial score (nSPS) is 12.1. The summed E-state index contributed by atoms with van der Waals surface area (Å²) in [7, 11) is -3.90. The minimum atomic E-state index is -3.90. The van der Waals surface area contributed by atoms with Gasteiger partial charge in [-0.2, -0.15) is 0 Å². The van der Waals surface area contributed by atoms with Gasteiger partial charge in [0.1, 0.15) is 18.4 Å². The van der Waals surface area contributed by atoms with Crippen LogP contribution < -0.4 is 9.62 Å². The van der Waals surface area contributed by atoms with Gasteiger partial charge in [0.2, 0.25) is 21.8 Å². The molecule has 0 aliphatic heterocycles. The molecule has 0 fully saturated rings. The molecule has 0 aliphatic carbocycles. The first-order valence-electron chi connectivity index (χ1n) is 11.4. The Hall–Kier alpha value is -2.94. The zero-order valence-electron chi connectivity index (χ0n) is 20.3. The molecule has 0 unspecified atom stereocenters. The molecule has 34 heavy (non-hydrogen) atoms. The number of anilines is 1. The highest BCUT2D eigenvalue weighted by molar-refractivity contribution is 7.92. The van der Waals surface area contributed by atoms with Gasteiger partial charge in [-0.15, -0.1) is 0 Å². The maximum absolute atomic E-state index is 13.8. The van der Waals surface area contributed by atoms with Crippen LogP contribution in [0.1, 0.15) is 44.2 Å². The number of sulfonamides is 1. The summed E-state index contributed by atoms with van der Waals surface area (Å²) in [6.07, 6.45) is 3.05. The first-order valence-corrected chi connectivity index (χ1v) is 13.3. The van der Waals surface area contributed by atoms with Crippen molar-refractivity contribution in [2.75, 3.05) is 23.7 Å². The smallest absolute Gasteiger partial charge is 0.244 e. The number of hydrogen-bond acceptors (Lipinski definition) is 4. The molecule has 0 bridgehead atoms. The van der Waals surface area contributed by atoms with Gasteiger partial charge in [-0.05, 0) is 49.1 Å². The van der Waals surface area contributed by atoms with Crippen molar-refractivity contribution in [3.63, 3.8) is 0 Å². The largest absolute Gasteiger partial charge is 0.354 e. The number of rotatable bonds is 12. The molecule has 0 heterocycles. The van der Waals surface area contributed by atoms with Gasteiger partial charge >= 0.3 is 0 Å². The van der Waals surface area contributed by atoms with Crippen LogP contribution in [0, 0.1) is 12.7 Å². The van der Waals surface area contributed by atoms with E-state index < -0.39 is 34.3 Å². The Morgan fingerprint density at radius 2 is 1.79 bits per heavy atom. The Kier molecular flexibility index (Phi) is 10.0. The Labute approximate surface area is 202 Å². The van der Waals surface area contributed by atoms with E-state index in [0.717, 1.165) is 40.6 Å². The van der Waals surface area contributed by atoms with E-state index in [-0.39, 0.29) is 18.1 Å². The fraction of sp³-hybridized carbons (Fsp3) is 0.440. The molecule has 2 amide bonds. The number of carbonyl (C=O) groups is 2. The molecular formula is C25H34FN3O4S. The van der Waals surface area contributed by atoms with E-state index in [1.54, 1.807) is 0 Å².